The van der Waals surface area contributed by atoms with Crippen molar-refractivity contribution in [1.82, 2.24) is 19.9 Å². The van der Waals surface area contributed by atoms with E-state index in [4.69, 9.17) is 9.26 Å². The van der Waals surface area contributed by atoms with E-state index in [0.29, 0.717) is 24.0 Å². The second-order valence-electron chi connectivity index (χ2n) is 6.84. The van der Waals surface area contributed by atoms with Gasteiger partial charge in [0.15, 0.2) is 5.16 Å². The fraction of sp³-hybridized carbons (Fsp3) is 0.368. The number of ether oxygens (including phenoxy) is 1. The molecule has 152 valence electrons. The number of nitrogens with zero attached hydrogens (tertiary/aromatic N) is 3. The van der Waals surface area contributed by atoms with Crippen LogP contribution in [0.25, 0.3) is 11.3 Å². The summed E-state index contributed by atoms with van der Waals surface area (Å²) in [6.07, 6.45) is 1.91. The molecule has 0 unspecified atom stereocenters. The number of carbonyl (C=O) groups is 1. The van der Waals surface area contributed by atoms with Crippen LogP contribution in [-0.2, 0) is 16.1 Å². The molecule has 3 heterocycles. The van der Waals surface area contributed by atoms with Crippen molar-refractivity contribution < 1.29 is 14.1 Å². The smallest absolute Gasteiger partial charge is 0.344 e. The van der Waals surface area contributed by atoms with E-state index < -0.39 is 0 Å². The Hall–Kier alpha value is -2.85. The molecule has 1 saturated heterocycles. The fourth-order valence-electron chi connectivity index (χ4n) is 3.06. The zero-order valence-corrected chi connectivity index (χ0v) is 16.7. The van der Waals surface area contributed by atoms with Crippen molar-refractivity contribution in [3.05, 3.63) is 46.4 Å². The van der Waals surface area contributed by atoms with Gasteiger partial charge in [0.1, 0.15) is 5.69 Å². The number of anilines is 1. The van der Waals surface area contributed by atoms with Crippen molar-refractivity contribution in [2.45, 2.75) is 37.6 Å². The van der Waals surface area contributed by atoms with Crippen LogP contribution in [0, 0.1) is 6.92 Å². The Morgan fingerprint density at radius 3 is 2.97 bits per heavy atom. The molecule has 1 aliphatic heterocycles. The van der Waals surface area contributed by atoms with Crippen LogP contribution in [-0.4, -0.2) is 44.3 Å². The van der Waals surface area contributed by atoms with Gasteiger partial charge in [-0.15, -0.1) is 5.10 Å². The quantitative estimate of drug-likeness (QED) is 0.570. The van der Waals surface area contributed by atoms with E-state index in [2.05, 4.69) is 20.7 Å². The van der Waals surface area contributed by atoms with Gasteiger partial charge in [0.25, 0.3) is 0 Å². The molecule has 4 rings (SSSR count). The van der Waals surface area contributed by atoms with Crippen LogP contribution in [0.3, 0.4) is 0 Å². The van der Waals surface area contributed by atoms with Crippen molar-refractivity contribution in [3.8, 4) is 11.3 Å². The Morgan fingerprint density at radius 1 is 1.38 bits per heavy atom. The molecule has 1 aromatic carbocycles. The van der Waals surface area contributed by atoms with Gasteiger partial charge in [-0.05, 0) is 19.8 Å². The monoisotopic (exact) mass is 415 g/mol. The van der Waals surface area contributed by atoms with E-state index in [9.17, 15) is 9.59 Å². The summed E-state index contributed by atoms with van der Waals surface area (Å²) < 4.78 is 12.3. The van der Waals surface area contributed by atoms with Gasteiger partial charge in [0, 0.05) is 18.2 Å². The van der Waals surface area contributed by atoms with Crippen LogP contribution in [0.5, 0.6) is 0 Å². The van der Waals surface area contributed by atoms with E-state index in [-0.39, 0.29) is 29.3 Å². The third-order valence-corrected chi connectivity index (χ3v) is 5.56. The summed E-state index contributed by atoms with van der Waals surface area (Å²) in [6.45, 7) is 3.15. The zero-order valence-electron chi connectivity index (χ0n) is 15.9. The fourth-order valence-corrected chi connectivity index (χ4v) is 3.82. The minimum Gasteiger partial charge on any atom is -0.376 e. The molecule has 0 radical (unpaired) electrons. The van der Waals surface area contributed by atoms with E-state index in [0.717, 1.165) is 24.0 Å². The number of aromatic nitrogens is 4. The zero-order chi connectivity index (χ0) is 20.2. The van der Waals surface area contributed by atoms with Gasteiger partial charge in [-0.2, -0.15) is 0 Å². The highest BCUT2D eigenvalue weighted by atomic mass is 32.2. The Balaban J connectivity index is 1.34. The summed E-state index contributed by atoms with van der Waals surface area (Å²) in [5, 5.41) is 13.6. The van der Waals surface area contributed by atoms with Crippen molar-refractivity contribution >= 4 is 23.6 Å². The average Bonchev–Trinajstić information content (AvgIpc) is 3.45. The molecule has 1 amide bonds. The average molecular weight is 415 g/mol. The first-order valence-corrected chi connectivity index (χ1v) is 10.3. The Bertz CT molecular complexity index is 1030. The van der Waals surface area contributed by atoms with Crippen LogP contribution < -0.4 is 11.0 Å². The van der Waals surface area contributed by atoms with E-state index in [1.165, 1.54) is 16.3 Å². The molecule has 2 N–H and O–H groups in total. The maximum absolute atomic E-state index is 12.3. The molecule has 1 atom stereocenters. The lowest BCUT2D eigenvalue weighted by Crippen LogP contribution is -2.25. The second kappa shape index (κ2) is 8.66. The lowest BCUT2D eigenvalue weighted by atomic mass is 10.1. The molecule has 29 heavy (non-hydrogen) atoms. The largest absolute Gasteiger partial charge is 0.376 e. The van der Waals surface area contributed by atoms with Gasteiger partial charge in [0.05, 0.1) is 18.4 Å². The topological polar surface area (TPSA) is 115 Å². The predicted octanol–water partition coefficient (Wildman–Crippen LogP) is 2.44. The first-order valence-electron chi connectivity index (χ1n) is 9.32. The number of hydrogen-bond acceptors (Lipinski definition) is 7. The van der Waals surface area contributed by atoms with Crippen LogP contribution in [0.1, 0.15) is 18.4 Å². The number of hydrogen-bond donors (Lipinski definition) is 2. The van der Waals surface area contributed by atoms with Crippen molar-refractivity contribution in [2.24, 2.45) is 0 Å². The summed E-state index contributed by atoms with van der Waals surface area (Å²) in [7, 11) is 0. The van der Waals surface area contributed by atoms with Crippen LogP contribution in [0.15, 0.2) is 44.8 Å². The maximum Gasteiger partial charge on any atom is 0.344 e. The normalized spacial score (nSPS) is 16.2. The highest BCUT2D eigenvalue weighted by molar-refractivity contribution is 7.99. The number of H-pyrrole nitrogens is 1. The Morgan fingerprint density at radius 2 is 2.21 bits per heavy atom. The number of thioether (sulfide) groups is 1. The number of nitrogens with one attached hydrogen (secondary N) is 2. The van der Waals surface area contributed by atoms with E-state index in [1.54, 1.807) is 6.07 Å². The minimum atomic E-state index is -0.304. The highest BCUT2D eigenvalue weighted by Gasteiger charge is 2.20. The van der Waals surface area contributed by atoms with Crippen LogP contribution >= 0.6 is 11.8 Å². The number of rotatable bonds is 7. The SMILES string of the molecule is Cc1ccc(-c2cc(NC(=O)CSc3n[nH]c(=O)n3C[C@H]3CCCO3)on2)cc1. The standard InChI is InChI=1S/C19H21N5O4S/c1-12-4-6-13(7-5-12)15-9-17(28-23-15)20-16(25)11-29-19-22-21-18(26)24(19)10-14-3-2-8-27-14/h4-7,9,14H,2-3,8,10-11H2,1H3,(H,20,25)(H,21,26)/t14-/m1/s1. The Labute approximate surface area is 170 Å². The summed E-state index contributed by atoms with van der Waals surface area (Å²) in [5.74, 6) is 0.0711. The number of amides is 1. The third-order valence-electron chi connectivity index (χ3n) is 4.59. The third kappa shape index (κ3) is 4.77. The second-order valence-corrected chi connectivity index (χ2v) is 7.78. The molecule has 0 bridgehead atoms. The molecule has 0 aliphatic carbocycles. The summed E-state index contributed by atoms with van der Waals surface area (Å²) in [4.78, 5) is 24.2. The lowest BCUT2D eigenvalue weighted by molar-refractivity contribution is -0.113. The van der Waals surface area contributed by atoms with Crippen molar-refractivity contribution in [1.29, 1.82) is 0 Å². The number of aryl methyl sites for hydroxylation is 1. The van der Waals surface area contributed by atoms with Gasteiger partial charge in [-0.1, -0.05) is 46.7 Å². The predicted molar refractivity (Wildman–Crippen MR) is 108 cm³/mol. The van der Waals surface area contributed by atoms with Crippen LogP contribution in [0.4, 0.5) is 5.88 Å². The molecule has 0 spiro atoms. The summed E-state index contributed by atoms with van der Waals surface area (Å²) in [6, 6.07) is 9.53. The van der Waals surface area contributed by atoms with E-state index in [1.807, 2.05) is 31.2 Å². The van der Waals surface area contributed by atoms with Gasteiger partial charge < -0.3 is 9.26 Å². The molecule has 3 aromatic rings. The first kappa shape index (κ1) is 19.5. The molecular formula is C19H21N5O4S. The molecule has 9 nitrogen and oxygen atoms in total. The van der Waals surface area contributed by atoms with Crippen LogP contribution in [0.2, 0.25) is 0 Å². The minimum absolute atomic E-state index is 0.00728. The molecule has 1 aliphatic rings. The molecule has 10 heteroatoms. The molecular weight excluding hydrogens is 394 g/mol. The van der Waals surface area contributed by atoms with Gasteiger partial charge in [-0.25, -0.2) is 9.89 Å². The maximum atomic E-state index is 12.3. The number of carbonyl (C=O) groups excluding carboxylic acids is 1. The van der Waals surface area contributed by atoms with Crippen molar-refractivity contribution in [2.75, 3.05) is 17.7 Å². The molecule has 2 aromatic heterocycles. The number of aromatic amines is 1. The first-order chi connectivity index (χ1) is 14.1. The van der Waals surface area contributed by atoms with Gasteiger partial charge in [-0.3, -0.25) is 14.7 Å². The Kier molecular flexibility index (Phi) is 5.81. The summed E-state index contributed by atoms with van der Waals surface area (Å²) >= 11 is 1.17. The number of benzene rings is 1. The van der Waals surface area contributed by atoms with E-state index >= 15 is 0 Å². The molecule has 0 saturated carbocycles. The van der Waals surface area contributed by atoms with Gasteiger partial charge in [0.2, 0.25) is 11.8 Å². The lowest BCUT2D eigenvalue weighted by Gasteiger charge is -2.10. The van der Waals surface area contributed by atoms with Gasteiger partial charge >= 0.3 is 5.69 Å². The van der Waals surface area contributed by atoms with Crippen molar-refractivity contribution in [3.63, 3.8) is 0 Å². The molecule has 1 fully saturated rings. The highest BCUT2D eigenvalue weighted by Crippen LogP contribution is 2.23. The summed E-state index contributed by atoms with van der Waals surface area (Å²) in [5.41, 5.74) is 2.40.